The van der Waals surface area contributed by atoms with E-state index >= 15 is 0 Å². The Bertz CT molecular complexity index is 377. The third-order valence-electron chi connectivity index (χ3n) is 2.40. The molecule has 0 fully saturated rings. The number of hydrogen-bond acceptors (Lipinski definition) is 4. The van der Waals surface area contributed by atoms with E-state index in [-0.39, 0.29) is 11.1 Å². The minimum absolute atomic E-state index is 0.0600. The van der Waals surface area contributed by atoms with Crippen LogP contribution in [0.25, 0.3) is 0 Å². The van der Waals surface area contributed by atoms with Crippen molar-refractivity contribution >= 4 is 11.9 Å². The fourth-order valence-electron chi connectivity index (χ4n) is 1.59. The topological polar surface area (TPSA) is 80.3 Å². The number of carbonyl (C=O) groups is 2. The van der Waals surface area contributed by atoms with Crippen molar-refractivity contribution in [3.63, 3.8) is 0 Å². The first-order chi connectivity index (χ1) is 7.57. The Morgan fingerprint density at radius 1 is 1.12 bits per heavy atom. The second-order valence-electron chi connectivity index (χ2n) is 3.51. The Labute approximate surface area is 93.5 Å². The molecule has 0 aliphatic rings. The van der Waals surface area contributed by atoms with Crippen molar-refractivity contribution < 1.29 is 19.8 Å². The van der Waals surface area contributed by atoms with Crippen molar-refractivity contribution in [1.82, 2.24) is 0 Å². The second kappa shape index (κ2) is 5.30. The summed E-state index contributed by atoms with van der Waals surface area (Å²) in [4.78, 5) is 21.7. The number of aromatic carboxylic acids is 2. The quantitative estimate of drug-likeness (QED) is 0.685. The summed E-state index contributed by atoms with van der Waals surface area (Å²) in [7, 11) is 0. The van der Waals surface area contributed by atoms with Gasteiger partial charge in [0, 0.05) is 11.1 Å². The molecule has 4 heteroatoms. The zero-order valence-electron chi connectivity index (χ0n) is 8.99. The lowest BCUT2D eigenvalue weighted by atomic mass is 9.96. The maximum Gasteiger partial charge on any atom is 0.0718 e. The van der Waals surface area contributed by atoms with Crippen LogP contribution in [-0.4, -0.2) is 11.9 Å². The minimum atomic E-state index is -1.35. The third-order valence-corrected chi connectivity index (χ3v) is 2.40. The van der Waals surface area contributed by atoms with Gasteiger partial charge in [0.2, 0.25) is 0 Å². The smallest absolute Gasteiger partial charge is 0.0718 e. The highest BCUT2D eigenvalue weighted by atomic mass is 16.4. The van der Waals surface area contributed by atoms with Gasteiger partial charge >= 0.3 is 0 Å². The molecule has 1 rings (SSSR count). The SMILES string of the molecule is CCCCc1c(C(=O)[O-])cccc1C(=O)[O-]. The Hall–Kier alpha value is -1.84. The molecule has 0 aliphatic heterocycles. The Morgan fingerprint density at radius 2 is 1.62 bits per heavy atom. The molecule has 16 heavy (non-hydrogen) atoms. The molecule has 1 aromatic carbocycles. The molecule has 0 saturated carbocycles. The van der Waals surface area contributed by atoms with Gasteiger partial charge in [0.1, 0.15) is 0 Å². The van der Waals surface area contributed by atoms with Gasteiger partial charge in [0.15, 0.2) is 0 Å². The van der Waals surface area contributed by atoms with E-state index in [0.717, 1.165) is 12.8 Å². The molecule has 0 aliphatic carbocycles. The maximum atomic E-state index is 10.8. The number of carboxylic acids is 2. The number of rotatable bonds is 5. The summed E-state index contributed by atoms with van der Waals surface area (Å²) >= 11 is 0. The van der Waals surface area contributed by atoms with Crippen LogP contribution in [0.5, 0.6) is 0 Å². The largest absolute Gasteiger partial charge is 0.545 e. The third kappa shape index (κ3) is 2.59. The number of hydrogen-bond donors (Lipinski definition) is 0. The van der Waals surface area contributed by atoms with Crippen molar-refractivity contribution in [3.05, 3.63) is 34.9 Å². The number of unbranched alkanes of at least 4 members (excludes halogenated alkanes) is 1. The minimum Gasteiger partial charge on any atom is -0.545 e. The van der Waals surface area contributed by atoms with Crippen molar-refractivity contribution in [3.8, 4) is 0 Å². The molecular formula is C12H12O4-2. The van der Waals surface area contributed by atoms with Crippen molar-refractivity contribution in [2.24, 2.45) is 0 Å². The molecule has 0 N–H and O–H groups in total. The first-order valence-electron chi connectivity index (χ1n) is 5.12. The van der Waals surface area contributed by atoms with E-state index < -0.39 is 11.9 Å². The Kier molecular flexibility index (Phi) is 4.05. The highest BCUT2D eigenvalue weighted by molar-refractivity contribution is 5.95. The summed E-state index contributed by atoms with van der Waals surface area (Å²) in [6.07, 6.45) is 1.99. The first kappa shape index (κ1) is 12.2. The average Bonchev–Trinajstić information content (AvgIpc) is 2.25. The van der Waals surface area contributed by atoms with Gasteiger partial charge in [-0.2, -0.15) is 0 Å². The van der Waals surface area contributed by atoms with E-state index in [1.807, 2.05) is 6.92 Å². The fraction of sp³-hybridized carbons (Fsp3) is 0.333. The Morgan fingerprint density at radius 3 is 2.00 bits per heavy atom. The summed E-state index contributed by atoms with van der Waals surface area (Å²) in [6.45, 7) is 1.94. The maximum absolute atomic E-state index is 10.8. The van der Waals surface area contributed by atoms with Crippen LogP contribution in [0.4, 0.5) is 0 Å². The monoisotopic (exact) mass is 220 g/mol. The van der Waals surface area contributed by atoms with Crippen LogP contribution in [0.2, 0.25) is 0 Å². The lowest BCUT2D eigenvalue weighted by Crippen LogP contribution is -2.28. The van der Waals surface area contributed by atoms with E-state index in [1.54, 1.807) is 0 Å². The molecular weight excluding hydrogens is 208 g/mol. The van der Waals surface area contributed by atoms with Crippen LogP contribution in [-0.2, 0) is 6.42 Å². The molecule has 0 heterocycles. The molecule has 0 saturated heterocycles. The van der Waals surface area contributed by atoms with Gasteiger partial charge in [0.25, 0.3) is 0 Å². The van der Waals surface area contributed by atoms with Gasteiger partial charge in [-0.3, -0.25) is 0 Å². The van der Waals surface area contributed by atoms with E-state index in [1.165, 1.54) is 18.2 Å². The van der Waals surface area contributed by atoms with Crippen molar-refractivity contribution in [2.75, 3.05) is 0 Å². The number of carbonyl (C=O) groups excluding carboxylic acids is 2. The normalized spacial score (nSPS) is 10.1. The molecule has 0 atom stereocenters. The highest BCUT2D eigenvalue weighted by Gasteiger charge is 2.09. The van der Waals surface area contributed by atoms with E-state index in [9.17, 15) is 19.8 Å². The van der Waals surface area contributed by atoms with Crippen LogP contribution >= 0.6 is 0 Å². The number of carboxylic acid groups (broad SMARTS) is 2. The van der Waals surface area contributed by atoms with Gasteiger partial charge in [-0.25, -0.2) is 0 Å². The van der Waals surface area contributed by atoms with Crippen LogP contribution in [0.1, 0.15) is 46.0 Å². The summed E-state index contributed by atoms with van der Waals surface area (Å²) in [5.41, 5.74) is 0.176. The summed E-state index contributed by atoms with van der Waals surface area (Å²) in [5.74, 6) is -2.71. The van der Waals surface area contributed by atoms with Crippen molar-refractivity contribution in [2.45, 2.75) is 26.2 Å². The molecule has 86 valence electrons. The highest BCUT2D eigenvalue weighted by Crippen LogP contribution is 2.17. The molecule has 0 radical (unpaired) electrons. The van der Waals surface area contributed by atoms with E-state index in [4.69, 9.17) is 0 Å². The molecule has 0 bridgehead atoms. The van der Waals surface area contributed by atoms with Crippen LogP contribution in [0.15, 0.2) is 18.2 Å². The predicted octanol–water partition coefficient (Wildman–Crippen LogP) is -0.244. The summed E-state index contributed by atoms with van der Waals surface area (Å²) in [5, 5.41) is 21.7. The van der Waals surface area contributed by atoms with E-state index in [2.05, 4.69) is 0 Å². The average molecular weight is 220 g/mol. The summed E-state index contributed by atoms with van der Waals surface area (Å²) in [6, 6.07) is 4.09. The molecule has 1 aromatic rings. The van der Waals surface area contributed by atoms with Crippen LogP contribution < -0.4 is 10.2 Å². The second-order valence-corrected chi connectivity index (χ2v) is 3.51. The van der Waals surface area contributed by atoms with Crippen LogP contribution in [0.3, 0.4) is 0 Å². The molecule has 0 aromatic heterocycles. The van der Waals surface area contributed by atoms with E-state index in [0.29, 0.717) is 12.0 Å². The van der Waals surface area contributed by atoms with Gasteiger partial charge in [-0.1, -0.05) is 31.5 Å². The fourth-order valence-corrected chi connectivity index (χ4v) is 1.59. The molecule has 0 spiro atoms. The Balaban J connectivity index is 3.23. The van der Waals surface area contributed by atoms with Gasteiger partial charge in [0.05, 0.1) is 11.9 Å². The standard InChI is InChI=1S/C12H14O4/c1-2-3-5-8-9(11(13)14)6-4-7-10(8)12(15)16/h4,6-7H,2-3,5H2,1H3,(H,13,14)(H,15,16)/p-2. The van der Waals surface area contributed by atoms with Gasteiger partial charge < -0.3 is 19.8 Å². The van der Waals surface area contributed by atoms with Gasteiger partial charge in [-0.05, 0) is 18.4 Å². The summed E-state index contributed by atoms with van der Waals surface area (Å²) < 4.78 is 0. The molecule has 0 amide bonds. The lowest BCUT2D eigenvalue weighted by Gasteiger charge is -2.15. The zero-order valence-corrected chi connectivity index (χ0v) is 8.99. The number of benzene rings is 1. The zero-order chi connectivity index (χ0) is 12.1. The van der Waals surface area contributed by atoms with Gasteiger partial charge in [-0.15, -0.1) is 0 Å². The first-order valence-corrected chi connectivity index (χ1v) is 5.12. The predicted molar refractivity (Wildman–Crippen MR) is 53.7 cm³/mol. The van der Waals surface area contributed by atoms with Crippen LogP contribution in [0, 0.1) is 0 Å². The lowest BCUT2D eigenvalue weighted by molar-refractivity contribution is -0.255. The molecule has 4 nitrogen and oxygen atoms in total. The molecule has 0 unspecified atom stereocenters. The van der Waals surface area contributed by atoms with Crippen molar-refractivity contribution in [1.29, 1.82) is 0 Å².